The molecular weight excluding hydrogens is 373 g/mol. The number of hydrogen-bond donors (Lipinski definition) is 2. The van der Waals surface area contributed by atoms with Gasteiger partial charge in [-0.3, -0.25) is 14.5 Å². The Hall–Kier alpha value is -2.08. The molecule has 26 heavy (non-hydrogen) atoms. The fourth-order valence-electron chi connectivity index (χ4n) is 2.52. The van der Waals surface area contributed by atoms with Crippen LogP contribution in [0.15, 0.2) is 36.4 Å². The van der Waals surface area contributed by atoms with Crippen molar-refractivity contribution in [3.05, 3.63) is 57.6 Å². The van der Waals surface area contributed by atoms with Crippen LogP contribution in [-0.2, 0) is 9.59 Å². The van der Waals surface area contributed by atoms with Crippen LogP contribution in [0.2, 0.25) is 10.0 Å². The largest absolute Gasteiger partial charge is 0.324 e. The van der Waals surface area contributed by atoms with Gasteiger partial charge in [0.15, 0.2) is 0 Å². The Morgan fingerprint density at radius 1 is 0.962 bits per heavy atom. The molecule has 0 fully saturated rings. The minimum absolute atomic E-state index is 0.0547. The van der Waals surface area contributed by atoms with E-state index in [4.69, 9.17) is 23.2 Å². The normalized spacial score (nSPS) is 10.7. The number of rotatable bonds is 6. The third kappa shape index (κ3) is 5.73. The maximum absolute atomic E-state index is 12.2. The van der Waals surface area contributed by atoms with Crippen molar-refractivity contribution in [3.8, 4) is 0 Å². The number of anilines is 2. The van der Waals surface area contributed by atoms with Crippen LogP contribution in [-0.4, -0.2) is 36.9 Å². The summed E-state index contributed by atoms with van der Waals surface area (Å²) in [6, 6.07) is 10.7. The third-order valence-electron chi connectivity index (χ3n) is 3.78. The summed E-state index contributed by atoms with van der Waals surface area (Å²) in [4.78, 5) is 26.0. The number of halogens is 2. The second kappa shape index (κ2) is 9.03. The van der Waals surface area contributed by atoms with Gasteiger partial charge in [0, 0.05) is 10.7 Å². The van der Waals surface area contributed by atoms with Gasteiger partial charge in [-0.1, -0.05) is 41.4 Å². The number of carbonyl (C=O) groups excluding carboxylic acids is 2. The maximum atomic E-state index is 12.2. The number of aryl methyl sites for hydroxylation is 2. The predicted octanol–water partition coefficient (Wildman–Crippen LogP) is 4.12. The van der Waals surface area contributed by atoms with Gasteiger partial charge >= 0.3 is 0 Å². The van der Waals surface area contributed by atoms with E-state index in [0.717, 1.165) is 16.8 Å². The summed E-state index contributed by atoms with van der Waals surface area (Å²) >= 11 is 11.9. The smallest absolute Gasteiger partial charge is 0.238 e. The molecule has 138 valence electrons. The number of hydrogen-bond acceptors (Lipinski definition) is 3. The number of para-hydroxylation sites is 1. The van der Waals surface area contributed by atoms with Crippen LogP contribution >= 0.6 is 23.2 Å². The van der Waals surface area contributed by atoms with E-state index in [1.165, 1.54) is 0 Å². The first-order chi connectivity index (χ1) is 12.3. The van der Waals surface area contributed by atoms with Crippen LogP contribution in [0.5, 0.6) is 0 Å². The average molecular weight is 394 g/mol. The molecule has 7 heteroatoms. The number of nitrogens with one attached hydrogen (secondary N) is 2. The Bertz CT molecular complexity index is 804. The summed E-state index contributed by atoms with van der Waals surface area (Å²) in [7, 11) is 1.70. The standard InChI is InChI=1S/C19H21Cl2N3O2/c1-12-5-4-6-13(2)19(12)23-18(26)11-24(3)10-17(25)22-16-8-7-14(20)9-15(16)21/h4-9H,10-11H2,1-3H3,(H,22,25)(H,23,26). The molecule has 0 aliphatic heterocycles. The predicted molar refractivity (Wildman–Crippen MR) is 107 cm³/mol. The highest BCUT2D eigenvalue weighted by Crippen LogP contribution is 2.25. The number of benzene rings is 2. The Morgan fingerprint density at radius 3 is 2.12 bits per heavy atom. The summed E-state index contributed by atoms with van der Waals surface area (Å²) in [5.74, 6) is -0.446. The van der Waals surface area contributed by atoms with E-state index in [2.05, 4.69) is 10.6 Å². The zero-order valence-electron chi connectivity index (χ0n) is 14.9. The fourth-order valence-corrected chi connectivity index (χ4v) is 2.97. The molecule has 2 rings (SSSR count). The van der Waals surface area contributed by atoms with E-state index in [9.17, 15) is 9.59 Å². The zero-order valence-corrected chi connectivity index (χ0v) is 16.4. The summed E-state index contributed by atoms with van der Waals surface area (Å²) < 4.78 is 0. The van der Waals surface area contributed by atoms with Gasteiger partial charge in [0.25, 0.3) is 0 Å². The van der Waals surface area contributed by atoms with E-state index in [-0.39, 0.29) is 24.9 Å². The number of carbonyl (C=O) groups is 2. The van der Waals surface area contributed by atoms with Gasteiger partial charge in [-0.05, 0) is 50.2 Å². The van der Waals surface area contributed by atoms with Crippen LogP contribution in [0.4, 0.5) is 11.4 Å². The van der Waals surface area contributed by atoms with Crippen molar-refractivity contribution in [1.29, 1.82) is 0 Å². The molecule has 0 unspecified atom stereocenters. The lowest BCUT2D eigenvalue weighted by atomic mass is 10.1. The zero-order chi connectivity index (χ0) is 19.3. The average Bonchev–Trinajstić information content (AvgIpc) is 2.53. The molecule has 2 aromatic rings. The molecule has 0 aliphatic carbocycles. The topological polar surface area (TPSA) is 61.4 Å². The fraction of sp³-hybridized carbons (Fsp3) is 0.263. The van der Waals surface area contributed by atoms with Crippen molar-refractivity contribution < 1.29 is 9.59 Å². The summed E-state index contributed by atoms with van der Waals surface area (Å²) in [5.41, 5.74) is 3.28. The number of likely N-dealkylation sites (N-methyl/N-ethyl adjacent to an activating group) is 1. The van der Waals surface area contributed by atoms with Crippen molar-refractivity contribution in [2.75, 3.05) is 30.8 Å². The highest BCUT2D eigenvalue weighted by molar-refractivity contribution is 6.36. The first kappa shape index (κ1) is 20.2. The Morgan fingerprint density at radius 2 is 1.54 bits per heavy atom. The third-order valence-corrected chi connectivity index (χ3v) is 4.33. The van der Waals surface area contributed by atoms with Gasteiger partial charge in [-0.2, -0.15) is 0 Å². The van der Waals surface area contributed by atoms with Crippen molar-refractivity contribution in [3.63, 3.8) is 0 Å². The van der Waals surface area contributed by atoms with Gasteiger partial charge < -0.3 is 10.6 Å². The molecule has 0 bridgehead atoms. The van der Waals surface area contributed by atoms with Crippen LogP contribution in [0.3, 0.4) is 0 Å². The highest BCUT2D eigenvalue weighted by Gasteiger charge is 2.13. The molecule has 0 heterocycles. The second-order valence-corrected chi connectivity index (χ2v) is 7.00. The molecule has 0 saturated carbocycles. The van der Waals surface area contributed by atoms with Crippen molar-refractivity contribution in [2.24, 2.45) is 0 Å². The molecular formula is C19H21Cl2N3O2. The molecule has 0 saturated heterocycles. The first-order valence-corrected chi connectivity index (χ1v) is 8.81. The molecule has 0 spiro atoms. The monoisotopic (exact) mass is 393 g/mol. The van der Waals surface area contributed by atoms with Gasteiger partial charge in [0.2, 0.25) is 11.8 Å². The van der Waals surface area contributed by atoms with Gasteiger partial charge in [-0.25, -0.2) is 0 Å². The van der Waals surface area contributed by atoms with Crippen LogP contribution in [0.1, 0.15) is 11.1 Å². The summed E-state index contributed by atoms with van der Waals surface area (Å²) in [5, 5.41) is 6.46. The minimum atomic E-state index is -0.267. The lowest BCUT2D eigenvalue weighted by molar-refractivity contribution is -0.119. The van der Waals surface area contributed by atoms with Crippen LogP contribution in [0.25, 0.3) is 0 Å². The van der Waals surface area contributed by atoms with Gasteiger partial charge in [0.05, 0.1) is 23.8 Å². The highest BCUT2D eigenvalue weighted by atomic mass is 35.5. The molecule has 5 nitrogen and oxygen atoms in total. The summed E-state index contributed by atoms with van der Waals surface area (Å²) in [6.45, 7) is 4.03. The maximum Gasteiger partial charge on any atom is 0.238 e. The molecule has 0 aromatic heterocycles. The molecule has 2 N–H and O–H groups in total. The molecule has 0 aliphatic rings. The SMILES string of the molecule is Cc1cccc(C)c1NC(=O)CN(C)CC(=O)Nc1ccc(Cl)cc1Cl. The lowest BCUT2D eigenvalue weighted by Gasteiger charge is -2.17. The Kier molecular flexibility index (Phi) is 7.03. The Labute approximate surface area is 163 Å². The second-order valence-electron chi connectivity index (χ2n) is 6.16. The van der Waals surface area contributed by atoms with Gasteiger partial charge in [-0.15, -0.1) is 0 Å². The quantitative estimate of drug-likeness (QED) is 0.775. The van der Waals surface area contributed by atoms with Crippen molar-refractivity contribution in [2.45, 2.75) is 13.8 Å². The lowest BCUT2D eigenvalue weighted by Crippen LogP contribution is -2.36. The Balaban J connectivity index is 1.88. The number of nitrogens with zero attached hydrogens (tertiary/aromatic N) is 1. The van der Waals surface area contributed by atoms with Crippen LogP contribution in [0, 0.1) is 13.8 Å². The first-order valence-electron chi connectivity index (χ1n) is 8.06. The van der Waals surface area contributed by atoms with E-state index in [0.29, 0.717) is 15.7 Å². The molecule has 2 aromatic carbocycles. The van der Waals surface area contributed by atoms with E-state index in [1.807, 2.05) is 32.0 Å². The van der Waals surface area contributed by atoms with E-state index >= 15 is 0 Å². The summed E-state index contributed by atoms with van der Waals surface area (Å²) in [6.07, 6.45) is 0. The molecule has 2 amide bonds. The van der Waals surface area contributed by atoms with Crippen molar-refractivity contribution >= 4 is 46.4 Å². The van der Waals surface area contributed by atoms with Crippen molar-refractivity contribution in [1.82, 2.24) is 4.90 Å². The number of amides is 2. The van der Waals surface area contributed by atoms with Gasteiger partial charge in [0.1, 0.15) is 0 Å². The minimum Gasteiger partial charge on any atom is -0.324 e. The molecule has 0 atom stereocenters. The van der Waals surface area contributed by atoms with Crippen LogP contribution < -0.4 is 10.6 Å². The van der Waals surface area contributed by atoms with E-state index in [1.54, 1.807) is 30.1 Å². The van der Waals surface area contributed by atoms with E-state index < -0.39 is 0 Å². The molecule has 0 radical (unpaired) electrons.